The fourth-order valence-electron chi connectivity index (χ4n) is 3.84. The number of rotatable bonds is 4. The third kappa shape index (κ3) is 4.70. The van der Waals surface area contributed by atoms with Gasteiger partial charge in [-0.05, 0) is 45.2 Å². The van der Waals surface area contributed by atoms with Gasteiger partial charge in [0.25, 0.3) is 0 Å². The van der Waals surface area contributed by atoms with Gasteiger partial charge in [0.1, 0.15) is 5.75 Å². The molecule has 0 spiro atoms. The van der Waals surface area contributed by atoms with Crippen LogP contribution in [0.3, 0.4) is 0 Å². The number of carbonyl (C=O) groups is 1. The topological polar surface area (TPSA) is 49.4 Å². The Hall–Kier alpha value is -1.95. The summed E-state index contributed by atoms with van der Waals surface area (Å²) < 4.78 is 5.74. The van der Waals surface area contributed by atoms with Crippen molar-refractivity contribution in [1.82, 2.24) is 0 Å². The molecule has 4 aromatic rings. The Balaban J connectivity index is 0.00000289. The van der Waals surface area contributed by atoms with E-state index in [4.69, 9.17) is 4.74 Å². The standard InChI is InChI=1S/C28H26O3.K/c1-28(2,3)25(30)17-23(29)22-15-13-18-9-5-7-11-20(18)26(22)27-21-12-8-6-10-19(21)14-16-24(27)31-4;/h5-17,30H,1-4H3;/q;+1/p-1/b25-17-;. The molecule has 0 heterocycles. The average Bonchev–Trinajstić information content (AvgIpc) is 2.76. The van der Waals surface area contributed by atoms with Gasteiger partial charge in [-0.3, -0.25) is 4.79 Å². The first-order chi connectivity index (χ1) is 14.8. The smallest absolute Gasteiger partial charge is 0.875 e. The van der Waals surface area contributed by atoms with Gasteiger partial charge >= 0.3 is 51.4 Å². The molecule has 0 saturated carbocycles. The summed E-state index contributed by atoms with van der Waals surface area (Å²) in [5.41, 5.74) is 1.52. The molecule has 4 rings (SSSR count). The van der Waals surface area contributed by atoms with E-state index in [-0.39, 0.29) is 62.9 Å². The third-order valence-electron chi connectivity index (χ3n) is 5.56. The van der Waals surface area contributed by atoms with E-state index in [1.54, 1.807) is 7.11 Å². The minimum atomic E-state index is -0.621. The fraction of sp³-hybridized carbons (Fsp3) is 0.179. The zero-order valence-electron chi connectivity index (χ0n) is 19.2. The monoisotopic (exact) mass is 448 g/mol. The summed E-state index contributed by atoms with van der Waals surface area (Å²) in [6.45, 7) is 5.44. The Labute approximate surface area is 231 Å². The van der Waals surface area contributed by atoms with Gasteiger partial charge in [-0.25, -0.2) is 0 Å². The molecule has 0 aliphatic rings. The minimum Gasteiger partial charge on any atom is -0.875 e. The number of ether oxygens (including phenoxy) is 1. The quantitative estimate of drug-likeness (QED) is 0.209. The molecule has 0 N–H and O–H groups in total. The Morgan fingerprint density at radius 3 is 1.91 bits per heavy atom. The van der Waals surface area contributed by atoms with Crippen LogP contribution >= 0.6 is 0 Å². The van der Waals surface area contributed by atoms with Gasteiger partial charge in [-0.15, -0.1) is 5.76 Å². The molecule has 0 atom stereocenters. The summed E-state index contributed by atoms with van der Waals surface area (Å²) in [7, 11) is 1.63. The van der Waals surface area contributed by atoms with Gasteiger partial charge < -0.3 is 9.84 Å². The van der Waals surface area contributed by atoms with Crippen LogP contribution in [-0.2, 0) is 0 Å². The van der Waals surface area contributed by atoms with Crippen LogP contribution in [0.25, 0.3) is 32.7 Å². The zero-order valence-corrected chi connectivity index (χ0v) is 22.4. The predicted octanol–water partition coefficient (Wildman–Crippen LogP) is 3.15. The second-order valence-electron chi connectivity index (χ2n) is 8.70. The maximum Gasteiger partial charge on any atom is 1.00 e. The molecule has 0 amide bonds. The van der Waals surface area contributed by atoms with Crippen molar-refractivity contribution in [1.29, 1.82) is 0 Å². The number of hydrogen-bond acceptors (Lipinski definition) is 3. The van der Waals surface area contributed by atoms with E-state index in [0.717, 1.165) is 32.7 Å². The molecule has 0 aromatic heterocycles. The van der Waals surface area contributed by atoms with Crippen molar-refractivity contribution >= 4 is 27.3 Å². The second-order valence-corrected chi connectivity index (χ2v) is 8.70. The van der Waals surface area contributed by atoms with Crippen LogP contribution in [0.4, 0.5) is 0 Å². The van der Waals surface area contributed by atoms with Crippen molar-refractivity contribution < 1.29 is 66.0 Å². The zero-order chi connectivity index (χ0) is 22.2. The predicted molar refractivity (Wildman–Crippen MR) is 125 cm³/mol. The first-order valence-electron chi connectivity index (χ1n) is 10.3. The molecule has 156 valence electrons. The Bertz CT molecular complexity index is 1330. The van der Waals surface area contributed by atoms with E-state index < -0.39 is 5.41 Å². The molecule has 0 aliphatic carbocycles. The molecule has 0 fully saturated rings. The Kier molecular flexibility index (Phi) is 7.63. The van der Waals surface area contributed by atoms with Crippen LogP contribution in [-0.4, -0.2) is 12.9 Å². The molecule has 0 unspecified atom stereocenters. The molecule has 32 heavy (non-hydrogen) atoms. The number of allylic oxidation sites excluding steroid dienone is 2. The van der Waals surface area contributed by atoms with E-state index in [0.29, 0.717) is 11.3 Å². The molecular weight excluding hydrogens is 423 g/mol. The fourth-order valence-corrected chi connectivity index (χ4v) is 3.84. The number of ketones is 1. The number of fused-ring (bicyclic) bond motifs is 2. The van der Waals surface area contributed by atoms with Crippen molar-refractivity contribution in [2.75, 3.05) is 7.11 Å². The molecular formula is C28H25KO3. The molecule has 4 aromatic carbocycles. The van der Waals surface area contributed by atoms with Crippen LogP contribution in [0.15, 0.2) is 84.6 Å². The molecule has 3 nitrogen and oxygen atoms in total. The molecule has 0 saturated heterocycles. The summed E-state index contributed by atoms with van der Waals surface area (Å²) >= 11 is 0. The number of methoxy groups -OCH3 is 1. The third-order valence-corrected chi connectivity index (χ3v) is 5.56. The first-order valence-corrected chi connectivity index (χ1v) is 10.3. The summed E-state index contributed by atoms with van der Waals surface area (Å²) in [6, 6.07) is 23.7. The van der Waals surface area contributed by atoms with Gasteiger partial charge in [0.2, 0.25) is 0 Å². The minimum absolute atomic E-state index is 0. The largest absolute Gasteiger partial charge is 1.00 e. The normalized spacial score (nSPS) is 11.9. The number of hydrogen-bond donors (Lipinski definition) is 0. The van der Waals surface area contributed by atoms with Crippen LogP contribution in [0.1, 0.15) is 31.1 Å². The van der Waals surface area contributed by atoms with Crippen LogP contribution in [0, 0.1) is 5.41 Å². The van der Waals surface area contributed by atoms with Gasteiger partial charge in [-0.2, -0.15) is 0 Å². The molecule has 0 aliphatic heterocycles. The van der Waals surface area contributed by atoms with Gasteiger partial charge in [0.15, 0.2) is 5.78 Å². The average molecular weight is 449 g/mol. The summed E-state index contributed by atoms with van der Waals surface area (Å²) in [5.74, 6) is 0.198. The van der Waals surface area contributed by atoms with Crippen molar-refractivity contribution in [2.24, 2.45) is 5.41 Å². The molecule has 0 radical (unpaired) electrons. The molecule has 4 heteroatoms. The van der Waals surface area contributed by atoms with Crippen molar-refractivity contribution in [3.05, 3.63) is 90.2 Å². The number of carbonyl (C=O) groups excluding carboxylic acids is 1. The number of benzene rings is 4. The van der Waals surface area contributed by atoms with Crippen molar-refractivity contribution in [3.8, 4) is 16.9 Å². The van der Waals surface area contributed by atoms with E-state index in [1.807, 2.05) is 93.6 Å². The SMILES string of the molecule is COc1ccc2ccccc2c1-c1c(C(=O)/C=C(\[O-])C(C)(C)C)ccc2ccccc12.[K+]. The van der Waals surface area contributed by atoms with Crippen LogP contribution in [0.2, 0.25) is 0 Å². The maximum absolute atomic E-state index is 13.4. The van der Waals surface area contributed by atoms with Gasteiger partial charge in [0.05, 0.1) is 7.11 Å². The second kappa shape index (κ2) is 9.90. The Morgan fingerprint density at radius 1 is 0.812 bits per heavy atom. The van der Waals surface area contributed by atoms with Crippen LogP contribution < -0.4 is 61.2 Å². The summed E-state index contributed by atoms with van der Waals surface area (Å²) in [6.07, 6.45) is 1.23. The van der Waals surface area contributed by atoms with E-state index in [2.05, 4.69) is 0 Å². The molecule has 0 bridgehead atoms. The Morgan fingerprint density at radius 2 is 1.34 bits per heavy atom. The van der Waals surface area contributed by atoms with Crippen molar-refractivity contribution in [2.45, 2.75) is 20.8 Å². The van der Waals surface area contributed by atoms with E-state index >= 15 is 0 Å². The first kappa shape index (κ1) is 24.7. The van der Waals surface area contributed by atoms with Crippen LogP contribution in [0.5, 0.6) is 5.75 Å². The summed E-state index contributed by atoms with van der Waals surface area (Å²) in [4.78, 5) is 13.4. The maximum atomic E-state index is 13.4. The van der Waals surface area contributed by atoms with Gasteiger partial charge in [-0.1, -0.05) is 81.4 Å². The van der Waals surface area contributed by atoms with Gasteiger partial charge in [0, 0.05) is 16.7 Å². The van der Waals surface area contributed by atoms with E-state index in [1.165, 1.54) is 6.08 Å². The van der Waals surface area contributed by atoms with E-state index in [9.17, 15) is 9.90 Å². The van der Waals surface area contributed by atoms with Crippen molar-refractivity contribution in [3.63, 3.8) is 0 Å². The summed E-state index contributed by atoms with van der Waals surface area (Å²) in [5, 5.41) is 16.6.